The van der Waals surface area contributed by atoms with Gasteiger partial charge in [0.15, 0.2) is 0 Å². The smallest absolute Gasteiger partial charge is 0.303 e. The van der Waals surface area contributed by atoms with Crippen LogP contribution in [-0.4, -0.2) is 22.2 Å². The first kappa shape index (κ1) is 20.0. The molecule has 7 atom stereocenters. The monoisotopic (exact) mass is 388 g/mol. The molecule has 3 saturated carbocycles. The van der Waals surface area contributed by atoms with Gasteiger partial charge in [0.25, 0.3) is 0 Å². The summed E-state index contributed by atoms with van der Waals surface area (Å²) in [7, 11) is 0. The summed E-state index contributed by atoms with van der Waals surface area (Å²) >= 11 is 0. The van der Waals surface area contributed by atoms with E-state index in [1.54, 1.807) is 5.57 Å². The number of carbonyl (C=O) groups is 2. The number of rotatable bonds is 6. The maximum atomic E-state index is 11.1. The van der Waals surface area contributed by atoms with E-state index in [4.69, 9.17) is 10.2 Å². The van der Waals surface area contributed by atoms with E-state index in [-0.39, 0.29) is 0 Å². The lowest BCUT2D eigenvalue weighted by molar-refractivity contribution is -0.138. The average Bonchev–Trinajstić information content (AvgIpc) is 3.00. The van der Waals surface area contributed by atoms with Crippen LogP contribution in [0, 0.1) is 40.9 Å². The average molecular weight is 389 g/mol. The van der Waals surface area contributed by atoms with Crippen LogP contribution < -0.4 is 0 Å². The SMILES string of the molecule is C[C@]12CC[C@H]3[C@@H](CCC4=CC(CCC(=O)O)CC[C@@H]43)[C@@H]1CC[C@@H]2CCC(=O)O. The molecule has 0 aliphatic heterocycles. The fourth-order valence-electron chi connectivity index (χ4n) is 7.83. The van der Waals surface area contributed by atoms with Gasteiger partial charge in [0.2, 0.25) is 0 Å². The van der Waals surface area contributed by atoms with Gasteiger partial charge < -0.3 is 10.2 Å². The van der Waals surface area contributed by atoms with Crippen molar-refractivity contribution in [1.82, 2.24) is 0 Å². The maximum Gasteiger partial charge on any atom is 0.303 e. The molecule has 2 N–H and O–H groups in total. The Morgan fingerprint density at radius 2 is 1.71 bits per heavy atom. The summed E-state index contributed by atoms with van der Waals surface area (Å²) in [4.78, 5) is 22.0. The predicted octanol–water partition coefficient (Wildman–Crippen LogP) is 5.52. The van der Waals surface area contributed by atoms with Crippen molar-refractivity contribution in [2.75, 3.05) is 0 Å². The summed E-state index contributed by atoms with van der Waals surface area (Å²) in [6, 6.07) is 0. The lowest BCUT2D eigenvalue weighted by atomic mass is 9.51. The lowest BCUT2D eigenvalue weighted by Crippen LogP contribution is -2.46. The van der Waals surface area contributed by atoms with Crippen LogP contribution in [0.2, 0.25) is 0 Å². The van der Waals surface area contributed by atoms with Crippen molar-refractivity contribution in [3.63, 3.8) is 0 Å². The van der Waals surface area contributed by atoms with Gasteiger partial charge in [-0.25, -0.2) is 0 Å². The van der Waals surface area contributed by atoms with Crippen molar-refractivity contribution >= 4 is 11.9 Å². The highest BCUT2D eigenvalue weighted by atomic mass is 16.4. The van der Waals surface area contributed by atoms with Crippen LogP contribution in [0.1, 0.15) is 84.0 Å². The van der Waals surface area contributed by atoms with Gasteiger partial charge >= 0.3 is 11.9 Å². The van der Waals surface area contributed by atoms with Crippen LogP contribution in [0.4, 0.5) is 0 Å². The number of aliphatic carboxylic acids is 2. The fraction of sp³-hybridized carbons (Fsp3) is 0.833. The Balaban J connectivity index is 1.44. The molecule has 156 valence electrons. The Hall–Kier alpha value is -1.32. The molecule has 4 aliphatic carbocycles. The third-order valence-electron chi connectivity index (χ3n) is 9.18. The van der Waals surface area contributed by atoms with E-state index >= 15 is 0 Å². The minimum absolute atomic E-state index is 0.295. The van der Waals surface area contributed by atoms with E-state index in [1.165, 1.54) is 44.9 Å². The molecule has 0 amide bonds. The molecule has 0 heterocycles. The molecule has 0 spiro atoms. The second-order valence-corrected chi connectivity index (χ2v) is 10.3. The topological polar surface area (TPSA) is 74.6 Å². The van der Waals surface area contributed by atoms with Crippen molar-refractivity contribution in [2.24, 2.45) is 40.9 Å². The van der Waals surface area contributed by atoms with E-state index in [0.29, 0.717) is 30.1 Å². The van der Waals surface area contributed by atoms with E-state index in [2.05, 4.69) is 13.0 Å². The molecule has 3 fully saturated rings. The molecule has 0 radical (unpaired) electrons. The highest BCUT2D eigenvalue weighted by molar-refractivity contribution is 5.67. The Labute approximate surface area is 168 Å². The molecule has 0 aromatic rings. The normalized spacial score (nSPS) is 42.1. The van der Waals surface area contributed by atoms with Crippen LogP contribution in [0.5, 0.6) is 0 Å². The van der Waals surface area contributed by atoms with Gasteiger partial charge in [0.05, 0.1) is 0 Å². The number of carboxylic acid groups (broad SMARTS) is 2. The number of allylic oxidation sites excluding steroid dienone is 2. The highest BCUT2D eigenvalue weighted by Gasteiger charge is 2.55. The van der Waals surface area contributed by atoms with Gasteiger partial charge in [-0.15, -0.1) is 0 Å². The molecule has 0 saturated heterocycles. The van der Waals surface area contributed by atoms with Crippen molar-refractivity contribution < 1.29 is 19.8 Å². The Kier molecular flexibility index (Phi) is 5.59. The van der Waals surface area contributed by atoms with Crippen molar-refractivity contribution in [3.05, 3.63) is 11.6 Å². The zero-order valence-corrected chi connectivity index (χ0v) is 17.2. The van der Waals surface area contributed by atoms with Gasteiger partial charge in [-0.2, -0.15) is 0 Å². The summed E-state index contributed by atoms with van der Waals surface area (Å²) in [5.41, 5.74) is 2.00. The van der Waals surface area contributed by atoms with Gasteiger partial charge in [-0.05, 0) is 105 Å². The Morgan fingerprint density at radius 3 is 2.46 bits per heavy atom. The van der Waals surface area contributed by atoms with Crippen LogP contribution in [0.15, 0.2) is 11.6 Å². The van der Waals surface area contributed by atoms with Gasteiger partial charge in [0.1, 0.15) is 0 Å². The zero-order valence-electron chi connectivity index (χ0n) is 17.2. The third-order valence-corrected chi connectivity index (χ3v) is 9.18. The molecule has 0 aromatic carbocycles. The van der Waals surface area contributed by atoms with Gasteiger partial charge in [-0.3, -0.25) is 9.59 Å². The first-order valence-corrected chi connectivity index (χ1v) is 11.5. The number of fused-ring (bicyclic) bond motifs is 5. The van der Waals surface area contributed by atoms with Crippen molar-refractivity contribution in [1.29, 1.82) is 0 Å². The molecule has 0 aromatic heterocycles. The summed E-state index contributed by atoms with van der Waals surface area (Å²) in [6.45, 7) is 2.47. The maximum absolute atomic E-state index is 11.1. The summed E-state index contributed by atoms with van der Waals surface area (Å²) in [5.74, 6) is 2.92. The van der Waals surface area contributed by atoms with E-state index in [0.717, 1.165) is 42.9 Å². The molecule has 0 bridgehead atoms. The van der Waals surface area contributed by atoms with E-state index in [1.807, 2.05) is 0 Å². The third kappa shape index (κ3) is 3.64. The number of carboxylic acids is 2. The molecule has 28 heavy (non-hydrogen) atoms. The van der Waals surface area contributed by atoms with Crippen LogP contribution >= 0.6 is 0 Å². The highest BCUT2D eigenvalue weighted by Crippen LogP contribution is 2.64. The van der Waals surface area contributed by atoms with E-state index < -0.39 is 11.9 Å². The second-order valence-electron chi connectivity index (χ2n) is 10.3. The van der Waals surface area contributed by atoms with E-state index in [9.17, 15) is 9.59 Å². The molecule has 4 heteroatoms. The lowest BCUT2D eigenvalue weighted by Gasteiger charge is -2.54. The van der Waals surface area contributed by atoms with Crippen LogP contribution in [0.3, 0.4) is 0 Å². The quantitative estimate of drug-likeness (QED) is 0.587. The van der Waals surface area contributed by atoms with Gasteiger partial charge in [0, 0.05) is 12.8 Å². The molecular formula is C24H36O4. The molecule has 4 rings (SSSR count). The minimum Gasteiger partial charge on any atom is -0.481 e. The van der Waals surface area contributed by atoms with Crippen LogP contribution in [-0.2, 0) is 9.59 Å². The largest absolute Gasteiger partial charge is 0.481 e. The Morgan fingerprint density at radius 1 is 0.964 bits per heavy atom. The minimum atomic E-state index is -0.672. The van der Waals surface area contributed by atoms with Crippen LogP contribution in [0.25, 0.3) is 0 Å². The first-order valence-electron chi connectivity index (χ1n) is 11.5. The zero-order chi connectivity index (χ0) is 19.9. The summed E-state index contributed by atoms with van der Waals surface area (Å²) < 4.78 is 0. The summed E-state index contributed by atoms with van der Waals surface area (Å²) in [5, 5.41) is 18.1. The second kappa shape index (κ2) is 7.84. The molecular weight excluding hydrogens is 352 g/mol. The molecule has 1 unspecified atom stereocenters. The molecule has 4 aliphatic rings. The van der Waals surface area contributed by atoms with Crippen molar-refractivity contribution in [3.8, 4) is 0 Å². The first-order chi connectivity index (χ1) is 13.4. The Bertz CT molecular complexity index is 653. The number of hydrogen-bond acceptors (Lipinski definition) is 2. The number of hydrogen-bond donors (Lipinski definition) is 2. The summed E-state index contributed by atoms with van der Waals surface area (Å²) in [6.07, 6.45) is 14.8. The van der Waals surface area contributed by atoms with Crippen molar-refractivity contribution in [2.45, 2.75) is 84.0 Å². The fourth-order valence-corrected chi connectivity index (χ4v) is 7.83. The molecule has 4 nitrogen and oxygen atoms in total. The predicted molar refractivity (Wildman–Crippen MR) is 108 cm³/mol. The standard InChI is InChI=1S/C24H36O4/c1-24-13-12-19-18-7-2-15(3-10-22(25)26)14-16(18)4-8-20(19)21(24)9-5-17(24)6-11-23(27)28/h14-15,17-21H,2-13H2,1H3,(H,25,26)(H,27,28)/t15?,17-,18+,19-,20-,21+,24-/m1/s1. The van der Waals surface area contributed by atoms with Gasteiger partial charge in [-0.1, -0.05) is 18.6 Å².